The number of fused-ring (bicyclic) bond motifs is 1. The smallest absolute Gasteiger partial charge is 0.302 e. The fraction of sp³-hybridized carbons (Fsp3) is 0.500. The molecule has 0 aliphatic carbocycles. The number of hydrogen-bond acceptors (Lipinski definition) is 5. The second kappa shape index (κ2) is 7.05. The van der Waals surface area contributed by atoms with Crippen molar-refractivity contribution in [3.8, 4) is 0 Å². The van der Waals surface area contributed by atoms with Gasteiger partial charge in [-0.15, -0.1) is 0 Å². The van der Waals surface area contributed by atoms with Gasteiger partial charge in [-0.3, -0.25) is 19.0 Å². The maximum absolute atomic E-state index is 12.6. The van der Waals surface area contributed by atoms with E-state index in [1.54, 1.807) is 27.7 Å². The number of Topliss-reactive ketones (excluding diaryl/α,β-unsaturated/α-hetero) is 1. The van der Waals surface area contributed by atoms with Gasteiger partial charge in [0.05, 0.1) is 22.5 Å². The van der Waals surface area contributed by atoms with Crippen molar-refractivity contribution in [2.45, 2.75) is 45.7 Å². The molecule has 8 nitrogen and oxygen atoms in total. The van der Waals surface area contributed by atoms with Gasteiger partial charge in [-0.2, -0.15) is 0 Å². The lowest BCUT2D eigenvalue weighted by Gasteiger charge is -2.20. The summed E-state index contributed by atoms with van der Waals surface area (Å²) in [6, 6.07) is 4.23. The molecule has 0 amide bonds. The number of rotatable bonds is 5. The summed E-state index contributed by atoms with van der Waals surface area (Å²) in [6.07, 6.45) is 0. The Morgan fingerprint density at radius 3 is 2.07 bits per heavy atom. The maximum Gasteiger partial charge on any atom is 0.317 e. The second-order valence-corrected chi connectivity index (χ2v) is 9.70. The first-order chi connectivity index (χ1) is 12.3. The zero-order valence-corrected chi connectivity index (χ0v) is 17.3. The Kier molecular flexibility index (Phi) is 5.49. The van der Waals surface area contributed by atoms with Crippen LogP contribution in [0.4, 0.5) is 0 Å². The average Bonchev–Trinajstić information content (AvgIpc) is 2.57. The monoisotopic (exact) mass is 395 g/mol. The molecule has 0 spiro atoms. The van der Waals surface area contributed by atoms with Crippen LogP contribution < -0.4 is 11.1 Å². The minimum Gasteiger partial charge on any atom is -0.302 e. The van der Waals surface area contributed by atoms with Crippen LogP contribution in [-0.2, 0) is 27.9 Å². The number of sulfonamides is 1. The van der Waals surface area contributed by atoms with Gasteiger partial charge < -0.3 is 4.57 Å². The Morgan fingerprint density at radius 1 is 1.04 bits per heavy atom. The Balaban J connectivity index is 2.91. The van der Waals surface area contributed by atoms with E-state index in [2.05, 4.69) is 0 Å². The van der Waals surface area contributed by atoms with E-state index in [9.17, 15) is 22.8 Å². The number of aromatic nitrogens is 2. The number of aryl methyl sites for hydroxylation is 1. The van der Waals surface area contributed by atoms with Crippen molar-refractivity contribution in [1.29, 1.82) is 0 Å². The molecule has 0 saturated heterocycles. The van der Waals surface area contributed by atoms with Crippen LogP contribution in [-0.4, -0.2) is 41.7 Å². The van der Waals surface area contributed by atoms with Crippen molar-refractivity contribution in [2.75, 3.05) is 14.1 Å². The lowest BCUT2D eigenvalue weighted by molar-refractivity contribution is -0.126. The number of hydrogen-bond donors (Lipinski definition) is 0. The fourth-order valence-corrected chi connectivity index (χ4v) is 3.54. The summed E-state index contributed by atoms with van der Waals surface area (Å²) in [5.74, 6) is -0.236. The molecular weight excluding hydrogens is 370 g/mol. The van der Waals surface area contributed by atoms with Gasteiger partial charge in [-0.25, -0.2) is 12.7 Å². The molecule has 27 heavy (non-hydrogen) atoms. The molecule has 0 unspecified atom stereocenters. The highest BCUT2D eigenvalue weighted by Crippen LogP contribution is 2.21. The van der Waals surface area contributed by atoms with Gasteiger partial charge in [0, 0.05) is 26.1 Å². The van der Waals surface area contributed by atoms with Gasteiger partial charge in [-0.05, 0) is 25.1 Å². The molecule has 0 saturated carbocycles. The Morgan fingerprint density at radius 2 is 1.59 bits per heavy atom. The Hall–Kier alpha value is -2.26. The third-order valence-electron chi connectivity index (χ3n) is 4.43. The highest BCUT2D eigenvalue weighted by atomic mass is 32.2. The van der Waals surface area contributed by atoms with Crippen LogP contribution in [0.5, 0.6) is 0 Å². The zero-order chi connectivity index (χ0) is 20.7. The van der Waals surface area contributed by atoms with Crippen LogP contribution in [0.3, 0.4) is 0 Å². The maximum atomic E-state index is 12.6. The molecule has 1 aromatic heterocycles. The Labute approximate surface area is 158 Å². The molecule has 0 fully saturated rings. The highest BCUT2D eigenvalue weighted by molar-refractivity contribution is 7.89. The molecule has 0 aliphatic heterocycles. The summed E-state index contributed by atoms with van der Waals surface area (Å²) in [6.45, 7) is 6.82. The summed E-state index contributed by atoms with van der Waals surface area (Å²) >= 11 is 0. The molecule has 0 bridgehead atoms. The summed E-state index contributed by atoms with van der Waals surface area (Å²) < 4.78 is 28.4. The Bertz CT molecular complexity index is 1120. The van der Waals surface area contributed by atoms with Crippen molar-refractivity contribution >= 4 is 26.8 Å². The lowest BCUT2D eigenvalue weighted by Crippen LogP contribution is -2.43. The molecule has 1 heterocycles. The molecule has 148 valence electrons. The number of ketones is 1. The topological polar surface area (TPSA) is 98.5 Å². The lowest BCUT2D eigenvalue weighted by atomic mass is 9.91. The van der Waals surface area contributed by atoms with Gasteiger partial charge in [-0.1, -0.05) is 20.8 Å². The summed E-state index contributed by atoms with van der Waals surface area (Å²) in [7, 11) is -0.928. The molecule has 0 atom stereocenters. The molecule has 0 aliphatic rings. The summed E-state index contributed by atoms with van der Waals surface area (Å²) in [4.78, 5) is 37.6. The molecule has 2 aromatic rings. The normalized spacial score (nSPS) is 12.7. The van der Waals surface area contributed by atoms with Crippen LogP contribution in [0.25, 0.3) is 11.0 Å². The van der Waals surface area contributed by atoms with E-state index < -0.39 is 26.6 Å². The number of benzene rings is 1. The predicted octanol–water partition coefficient (Wildman–Crippen LogP) is 1.05. The first kappa shape index (κ1) is 21.0. The molecule has 0 radical (unpaired) electrons. The van der Waals surface area contributed by atoms with Gasteiger partial charge in [0.1, 0.15) is 0 Å². The zero-order valence-electron chi connectivity index (χ0n) is 16.4. The third-order valence-corrected chi connectivity index (χ3v) is 6.25. The minimum absolute atomic E-state index is 0.0161. The molecule has 1 aromatic carbocycles. The highest BCUT2D eigenvalue weighted by Gasteiger charge is 2.25. The van der Waals surface area contributed by atoms with Crippen LogP contribution in [0.15, 0.2) is 32.7 Å². The van der Waals surface area contributed by atoms with Crippen molar-refractivity contribution in [2.24, 2.45) is 5.41 Å². The van der Waals surface area contributed by atoms with E-state index in [1.165, 1.54) is 36.9 Å². The second-order valence-electron chi connectivity index (χ2n) is 7.55. The number of carbonyl (C=O) groups excluding carboxylic acids is 1. The van der Waals surface area contributed by atoms with E-state index >= 15 is 0 Å². The largest absolute Gasteiger partial charge is 0.317 e. The first-order valence-electron chi connectivity index (χ1n) is 8.55. The standard InChI is InChI=1S/C18H25N3O5S/c1-7-20-13-9-8-12(27(25,26)19(5)6)10-14(13)21(17(24)16(20)23)11-15(22)18(2,3)4/h8-10H,7,11H2,1-6H3. The van der Waals surface area contributed by atoms with Gasteiger partial charge in [0.15, 0.2) is 5.78 Å². The van der Waals surface area contributed by atoms with E-state index in [0.29, 0.717) is 5.52 Å². The van der Waals surface area contributed by atoms with Crippen LogP contribution >= 0.6 is 0 Å². The van der Waals surface area contributed by atoms with E-state index in [4.69, 9.17) is 0 Å². The van der Waals surface area contributed by atoms with E-state index in [1.807, 2.05) is 0 Å². The van der Waals surface area contributed by atoms with Gasteiger partial charge in [0.2, 0.25) is 10.0 Å². The van der Waals surface area contributed by atoms with Crippen LogP contribution in [0, 0.1) is 5.41 Å². The summed E-state index contributed by atoms with van der Waals surface area (Å²) in [5.41, 5.74) is -1.65. The van der Waals surface area contributed by atoms with Crippen LogP contribution in [0.2, 0.25) is 0 Å². The average molecular weight is 395 g/mol. The van der Waals surface area contributed by atoms with Crippen molar-refractivity contribution in [3.05, 3.63) is 38.9 Å². The SMILES string of the molecule is CCn1c(=O)c(=O)n(CC(=O)C(C)(C)C)c2cc(S(=O)(=O)N(C)C)ccc21. The van der Waals surface area contributed by atoms with E-state index in [0.717, 1.165) is 8.87 Å². The van der Waals surface area contributed by atoms with Gasteiger partial charge >= 0.3 is 11.1 Å². The fourth-order valence-electron chi connectivity index (χ4n) is 2.62. The first-order valence-corrected chi connectivity index (χ1v) is 9.99. The van der Waals surface area contributed by atoms with Crippen LogP contribution in [0.1, 0.15) is 27.7 Å². The van der Waals surface area contributed by atoms with Gasteiger partial charge in [0.25, 0.3) is 0 Å². The molecule has 2 rings (SSSR count). The van der Waals surface area contributed by atoms with Crippen molar-refractivity contribution < 1.29 is 13.2 Å². The minimum atomic E-state index is -3.74. The molecule has 9 heteroatoms. The summed E-state index contributed by atoms with van der Waals surface area (Å²) in [5, 5.41) is 0. The van der Waals surface area contributed by atoms with Crippen molar-refractivity contribution in [1.82, 2.24) is 13.4 Å². The molecular formula is C18H25N3O5S. The van der Waals surface area contributed by atoms with E-state index in [-0.39, 0.29) is 29.3 Å². The number of nitrogens with zero attached hydrogens (tertiary/aromatic N) is 3. The predicted molar refractivity (Wildman–Crippen MR) is 103 cm³/mol. The van der Waals surface area contributed by atoms with Crippen molar-refractivity contribution in [3.63, 3.8) is 0 Å². The third kappa shape index (κ3) is 3.74. The molecule has 0 N–H and O–H groups in total. The quantitative estimate of drug-likeness (QED) is 0.705. The number of carbonyl (C=O) groups is 1.